The van der Waals surface area contributed by atoms with Gasteiger partial charge in [-0.25, -0.2) is 0 Å². The molecule has 0 aliphatic carbocycles. The molecular formula is C13H13NOS. The second kappa shape index (κ2) is 4.94. The Labute approximate surface area is 98.7 Å². The third-order valence-corrected chi connectivity index (χ3v) is 3.09. The van der Waals surface area contributed by atoms with E-state index in [0.29, 0.717) is 12.8 Å². The normalized spacial score (nSPS) is 10.2. The van der Waals surface area contributed by atoms with Crippen molar-refractivity contribution >= 4 is 22.8 Å². The zero-order valence-corrected chi connectivity index (χ0v) is 9.67. The Hall–Kier alpha value is -1.61. The highest BCUT2D eigenvalue weighted by Gasteiger charge is 2.05. The molecule has 3 heteroatoms. The molecule has 1 heterocycles. The van der Waals surface area contributed by atoms with Crippen LogP contribution in [0.3, 0.4) is 0 Å². The van der Waals surface area contributed by atoms with Gasteiger partial charge in [-0.15, -0.1) is 0 Å². The van der Waals surface area contributed by atoms with Gasteiger partial charge in [-0.1, -0.05) is 12.1 Å². The van der Waals surface area contributed by atoms with Crippen LogP contribution in [0.25, 0.3) is 0 Å². The van der Waals surface area contributed by atoms with Gasteiger partial charge < -0.3 is 5.73 Å². The van der Waals surface area contributed by atoms with Crippen LogP contribution in [0.4, 0.5) is 5.69 Å². The minimum atomic E-state index is 0.239. The quantitative estimate of drug-likeness (QED) is 0.822. The Morgan fingerprint density at radius 1 is 1.06 bits per heavy atom. The fourth-order valence-corrected chi connectivity index (χ4v) is 2.22. The summed E-state index contributed by atoms with van der Waals surface area (Å²) in [6.07, 6.45) is 1.00. The van der Waals surface area contributed by atoms with E-state index in [-0.39, 0.29) is 5.78 Å². The highest BCUT2D eigenvalue weighted by atomic mass is 32.1. The van der Waals surface area contributed by atoms with E-state index in [9.17, 15) is 4.79 Å². The first-order chi connectivity index (χ1) is 7.74. The lowest BCUT2D eigenvalue weighted by molar-refractivity contribution is -0.117. The number of Topliss-reactive ketones (excluding diaryl/α,β-unsaturated/α-hetero) is 1. The molecule has 16 heavy (non-hydrogen) atoms. The van der Waals surface area contributed by atoms with Crippen molar-refractivity contribution in [3.8, 4) is 0 Å². The van der Waals surface area contributed by atoms with Crippen LogP contribution in [0.15, 0.2) is 41.1 Å². The standard InChI is InChI=1S/C13H13NOS/c14-12-3-1-10(2-4-12)7-13(15)8-11-5-6-16-9-11/h1-6,9H,7-8,14H2. The molecule has 0 amide bonds. The summed E-state index contributed by atoms with van der Waals surface area (Å²) in [6, 6.07) is 9.45. The molecule has 0 saturated heterocycles. The molecule has 1 aromatic carbocycles. The number of carbonyl (C=O) groups excluding carboxylic acids is 1. The highest BCUT2D eigenvalue weighted by molar-refractivity contribution is 7.07. The van der Waals surface area contributed by atoms with Gasteiger partial charge in [0.25, 0.3) is 0 Å². The monoisotopic (exact) mass is 231 g/mol. The summed E-state index contributed by atoms with van der Waals surface area (Å²) in [7, 11) is 0. The first kappa shape index (κ1) is 10.9. The lowest BCUT2D eigenvalue weighted by atomic mass is 10.0. The van der Waals surface area contributed by atoms with Gasteiger partial charge in [0.05, 0.1) is 0 Å². The van der Waals surface area contributed by atoms with Crippen molar-refractivity contribution < 1.29 is 4.79 Å². The number of ketones is 1. The van der Waals surface area contributed by atoms with Gasteiger partial charge in [-0.05, 0) is 40.1 Å². The van der Waals surface area contributed by atoms with Gasteiger partial charge in [0, 0.05) is 18.5 Å². The first-order valence-corrected chi connectivity index (χ1v) is 6.05. The minimum absolute atomic E-state index is 0.239. The summed E-state index contributed by atoms with van der Waals surface area (Å²) in [4.78, 5) is 11.7. The topological polar surface area (TPSA) is 43.1 Å². The van der Waals surface area contributed by atoms with Crippen LogP contribution in [-0.4, -0.2) is 5.78 Å². The maximum Gasteiger partial charge on any atom is 0.141 e. The van der Waals surface area contributed by atoms with Crippen LogP contribution in [0.1, 0.15) is 11.1 Å². The predicted octanol–water partition coefficient (Wildman–Crippen LogP) is 2.68. The number of benzene rings is 1. The fourth-order valence-electron chi connectivity index (χ4n) is 1.55. The number of thiophene rings is 1. The summed E-state index contributed by atoms with van der Waals surface area (Å²) in [6.45, 7) is 0. The van der Waals surface area contributed by atoms with Gasteiger partial charge in [-0.3, -0.25) is 4.79 Å². The third-order valence-electron chi connectivity index (χ3n) is 2.36. The van der Waals surface area contributed by atoms with Crippen LogP contribution >= 0.6 is 11.3 Å². The van der Waals surface area contributed by atoms with Crippen LogP contribution in [-0.2, 0) is 17.6 Å². The Bertz CT molecular complexity index is 459. The van der Waals surface area contributed by atoms with E-state index in [1.807, 2.05) is 41.1 Å². The molecule has 0 spiro atoms. The Morgan fingerprint density at radius 3 is 2.38 bits per heavy atom. The number of hydrogen-bond donors (Lipinski definition) is 1. The molecule has 0 saturated carbocycles. The highest BCUT2D eigenvalue weighted by Crippen LogP contribution is 2.10. The molecule has 2 aromatic rings. The Balaban J connectivity index is 1.95. The lowest BCUT2D eigenvalue weighted by Crippen LogP contribution is -2.05. The summed E-state index contributed by atoms with van der Waals surface area (Å²) < 4.78 is 0. The summed E-state index contributed by atoms with van der Waals surface area (Å²) in [5, 5.41) is 4.01. The molecule has 0 fully saturated rings. The predicted molar refractivity (Wildman–Crippen MR) is 67.6 cm³/mol. The summed E-state index contributed by atoms with van der Waals surface area (Å²) in [5.41, 5.74) is 8.44. The van der Waals surface area contributed by atoms with Crippen LogP contribution in [0.2, 0.25) is 0 Å². The van der Waals surface area contributed by atoms with Crippen molar-refractivity contribution in [2.45, 2.75) is 12.8 Å². The van der Waals surface area contributed by atoms with Crippen molar-refractivity contribution in [2.75, 3.05) is 5.73 Å². The maximum atomic E-state index is 11.7. The molecule has 2 nitrogen and oxygen atoms in total. The molecule has 2 rings (SSSR count). The van der Waals surface area contributed by atoms with Crippen molar-refractivity contribution in [3.63, 3.8) is 0 Å². The number of hydrogen-bond acceptors (Lipinski definition) is 3. The minimum Gasteiger partial charge on any atom is -0.399 e. The van der Waals surface area contributed by atoms with Crippen molar-refractivity contribution in [1.82, 2.24) is 0 Å². The van der Waals surface area contributed by atoms with Crippen LogP contribution in [0.5, 0.6) is 0 Å². The zero-order chi connectivity index (χ0) is 11.4. The van der Waals surface area contributed by atoms with E-state index in [1.54, 1.807) is 11.3 Å². The molecule has 0 atom stereocenters. The molecular weight excluding hydrogens is 218 g/mol. The van der Waals surface area contributed by atoms with E-state index in [4.69, 9.17) is 5.73 Å². The molecule has 82 valence electrons. The van der Waals surface area contributed by atoms with Gasteiger partial charge in [0.15, 0.2) is 0 Å². The number of anilines is 1. The van der Waals surface area contributed by atoms with E-state index in [2.05, 4.69) is 0 Å². The SMILES string of the molecule is Nc1ccc(CC(=O)Cc2ccsc2)cc1. The van der Waals surface area contributed by atoms with Crippen molar-refractivity contribution in [3.05, 3.63) is 52.2 Å². The number of carbonyl (C=O) groups is 1. The Kier molecular flexibility index (Phi) is 3.37. The molecule has 0 radical (unpaired) electrons. The average molecular weight is 231 g/mol. The first-order valence-electron chi connectivity index (χ1n) is 5.11. The zero-order valence-electron chi connectivity index (χ0n) is 8.85. The van der Waals surface area contributed by atoms with Gasteiger partial charge in [0.2, 0.25) is 0 Å². The molecule has 0 aliphatic heterocycles. The van der Waals surface area contributed by atoms with Gasteiger partial charge in [-0.2, -0.15) is 11.3 Å². The Morgan fingerprint density at radius 2 is 1.75 bits per heavy atom. The second-order valence-corrected chi connectivity index (χ2v) is 4.55. The fraction of sp³-hybridized carbons (Fsp3) is 0.154. The van der Waals surface area contributed by atoms with Crippen molar-refractivity contribution in [2.24, 2.45) is 0 Å². The van der Waals surface area contributed by atoms with E-state index in [0.717, 1.165) is 16.8 Å². The van der Waals surface area contributed by atoms with Crippen molar-refractivity contribution in [1.29, 1.82) is 0 Å². The van der Waals surface area contributed by atoms with Crippen LogP contribution in [0, 0.1) is 0 Å². The maximum absolute atomic E-state index is 11.7. The van der Waals surface area contributed by atoms with E-state index >= 15 is 0 Å². The molecule has 1 aromatic heterocycles. The number of rotatable bonds is 4. The van der Waals surface area contributed by atoms with Crippen LogP contribution < -0.4 is 5.73 Å². The largest absolute Gasteiger partial charge is 0.399 e. The summed E-state index contributed by atoms with van der Waals surface area (Å²) >= 11 is 1.62. The van der Waals surface area contributed by atoms with E-state index in [1.165, 1.54) is 0 Å². The smallest absolute Gasteiger partial charge is 0.141 e. The van der Waals surface area contributed by atoms with Gasteiger partial charge >= 0.3 is 0 Å². The second-order valence-electron chi connectivity index (χ2n) is 3.77. The molecule has 0 aliphatic rings. The molecule has 2 N–H and O–H groups in total. The molecule has 0 bridgehead atoms. The van der Waals surface area contributed by atoms with Gasteiger partial charge in [0.1, 0.15) is 5.78 Å². The summed E-state index contributed by atoms with van der Waals surface area (Å²) in [5.74, 6) is 0.239. The average Bonchev–Trinajstić information content (AvgIpc) is 2.74. The number of nitrogen functional groups attached to an aromatic ring is 1. The lowest BCUT2D eigenvalue weighted by Gasteiger charge is -2.00. The third kappa shape index (κ3) is 2.94. The van der Waals surface area contributed by atoms with E-state index < -0.39 is 0 Å². The molecule has 0 unspecified atom stereocenters. The number of nitrogens with two attached hydrogens (primary N) is 1.